The fourth-order valence-electron chi connectivity index (χ4n) is 2.19. The molecule has 0 saturated carbocycles. The summed E-state index contributed by atoms with van der Waals surface area (Å²) in [7, 11) is 0. The number of halogens is 4. The van der Waals surface area contributed by atoms with Gasteiger partial charge in [0.1, 0.15) is 5.82 Å². The van der Waals surface area contributed by atoms with Gasteiger partial charge in [0.05, 0.1) is 38.5 Å². The van der Waals surface area contributed by atoms with Crippen LogP contribution in [-0.2, 0) is 13.1 Å². The smallest absolute Gasteiger partial charge is 0.123 e. The van der Waals surface area contributed by atoms with Crippen LogP contribution in [0.5, 0.6) is 0 Å². The molecule has 1 aliphatic heterocycles. The van der Waals surface area contributed by atoms with Crippen LogP contribution in [0.15, 0.2) is 12.3 Å². The van der Waals surface area contributed by atoms with Crippen molar-refractivity contribution in [2.75, 3.05) is 6.54 Å². The second kappa shape index (κ2) is 5.15. The Labute approximate surface area is 130 Å². The largest absolute Gasteiger partial charge is 0.326 e. The van der Waals surface area contributed by atoms with Gasteiger partial charge in [0.25, 0.3) is 0 Å². The average molecular weight is 337 g/mol. The number of fused-ring (bicyclic) bond motifs is 1. The van der Waals surface area contributed by atoms with Crippen LogP contribution in [0.4, 0.5) is 0 Å². The van der Waals surface area contributed by atoms with E-state index in [1.807, 2.05) is 0 Å². The Bertz CT molecular complexity index is 625. The zero-order chi connectivity index (χ0) is 13.6. The molecule has 0 fully saturated rings. The van der Waals surface area contributed by atoms with Crippen molar-refractivity contribution < 1.29 is 0 Å². The first-order valence-electron chi connectivity index (χ1n) is 5.68. The molecule has 0 spiro atoms. The Balaban J connectivity index is 2.25. The van der Waals surface area contributed by atoms with Crippen LogP contribution in [0.2, 0.25) is 20.1 Å². The van der Waals surface area contributed by atoms with E-state index in [4.69, 9.17) is 46.4 Å². The molecule has 0 radical (unpaired) electrons. The number of hydrogen-bond donors (Lipinski definition) is 1. The van der Waals surface area contributed by atoms with Crippen molar-refractivity contribution in [2.24, 2.45) is 0 Å². The number of nitrogens with zero attached hydrogens (tertiary/aromatic N) is 2. The third kappa shape index (κ3) is 2.24. The van der Waals surface area contributed by atoms with Crippen molar-refractivity contribution in [3.05, 3.63) is 38.2 Å². The first kappa shape index (κ1) is 13.5. The van der Waals surface area contributed by atoms with Crippen molar-refractivity contribution in [1.29, 1.82) is 0 Å². The topological polar surface area (TPSA) is 29.9 Å². The van der Waals surface area contributed by atoms with Crippen LogP contribution < -0.4 is 5.32 Å². The summed E-state index contributed by atoms with van der Waals surface area (Å²) in [5.41, 5.74) is 1.48. The van der Waals surface area contributed by atoms with E-state index in [0.717, 1.165) is 31.2 Å². The minimum absolute atomic E-state index is 0.385. The lowest BCUT2D eigenvalue weighted by atomic mass is 10.1. The van der Waals surface area contributed by atoms with E-state index in [2.05, 4.69) is 14.9 Å². The highest BCUT2D eigenvalue weighted by Gasteiger charge is 2.21. The maximum atomic E-state index is 6.27. The SMILES string of the molecule is Clc1cc(Cl)c(Cl)c(-c2cnc3n2CCNC3)c1Cl. The quantitative estimate of drug-likeness (QED) is 0.788. The highest BCUT2D eigenvalue weighted by Crippen LogP contribution is 2.43. The molecule has 100 valence electrons. The second-order valence-corrected chi connectivity index (χ2v) is 5.80. The predicted molar refractivity (Wildman–Crippen MR) is 79.4 cm³/mol. The Morgan fingerprint density at radius 1 is 1.11 bits per heavy atom. The summed E-state index contributed by atoms with van der Waals surface area (Å²) in [6.07, 6.45) is 1.75. The Kier molecular flexibility index (Phi) is 3.67. The fourth-order valence-corrected chi connectivity index (χ4v) is 3.20. The van der Waals surface area contributed by atoms with Gasteiger partial charge in [0.15, 0.2) is 0 Å². The third-order valence-electron chi connectivity index (χ3n) is 3.10. The molecule has 1 aliphatic rings. The Morgan fingerprint density at radius 3 is 2.47 bits per heavy atom. The third-order valence-corrected chi connectivity index (χ3v) is 4.68. The van der Waals surface area contributed by atoms with E-state index in [0.29, 0.717) is 25.7 Å². The monoisotopic (exact) mass is 335 g/mol. The van der Waals surface area contributed by atoms with Gasteiger partial charge in [-0.3, -0.25) is 0 Å². The molecule has 0 unspecified atom stereocenters. The molecule has 1 aromatic carbocycles. The van der Waals surface area contributed by atoms with Crippen molar-refractivity contribution in [3.63, 3.8) is 0 Å². The molecule has 2 aromatic rings. The normalized spacial score (nSPS) is 14.5. The van der Waals surface area contributed by atoms with E-state index in [1.54, 1.807) is 12.3 Å². The highest BCUT2D eigenvalue weighted by molar-refractivity contribution is 6.50. The first-order valence-corrected chi connectivity index (χ1v) is 7.19. The molecule has 2 heterocycles. The van der Waals surface area contributed by atoms with Crippen LogP contribution in [0.25, 0.3) is 11.3 Å². The van der Waals surface area contributed by atoms with Crippen molar-refractivity contribution >= 4 is 46.4 Å². The zero-order valence-electron chi connectivity index (χ0n) is 9.68. The minimum atomic E-state index is 0.385. The lowest BCUT2D eigenvalue weighted by Gasteiger charge is -2.19. The predicted octanol–water partition coefficient (Wildman–Crippen LogP) is 4.27. The highest BCUT2D eigenvalue weighted by atomic mass is 35.5. The first-order chi connectivity index (χ1) is 9.09. The fraction of sp³-hybridized carbons (Fsp3) is 0.250. The lowest BCUT2D eigenvalue weighted by molar-refractivity contribution is 0.508. The van der Waals surface area contributed by atoms with Crippen LogP contribution in [-0.4, -0.2) is 16.1 Å². The summed E-state index contributed by atoms with van der Waals surface area (Å²) in [6, 6.07) is 1.55. The van der Waals surface area contributed by atoms with Gasteiger partial charge >= 0.3 is 0 Å². The molecule has 3 nitrogen and oxygen atoms in total. The number of nitrogens with one attached hydrogen (secondary N) is 1. The molecular weight excluding hydrogens is 328 g/mol. The number of aromatic nitrogens is 2. The number of rotatable bonds is 1. The maximum absolute atomic E-state index is 6.27. The van der Waals surface area contributed by atoms with Gasteiger partial charge in [-0.15, -0.1) is 0 Å². The molecular formula is C12H9Cl4N3. The minimum Gasteiger partial charge on any atom is -0.326 e. The Hall–Kier alpha value is -0.450. The molecule has 7 heteroatoms. The van der Waals surface area contributed by atoms with Crippen molar-refractivity contribution in [1.82, 2.24) is 14.9 Å². The van der Waals surface area contributed by atoms with E-state index >= 15 is 0 Å². The molecule has 0 atom stereocenters. The van der Waals surface area contributed by atoms with Crippen LogP contribution in [0, 0.1) is 0 Å². The van der Waals surface area contributed by atoms with Gasteiger partial charge in [-0.25, -0.2) is 4.98 Å². The maximum Gasteiger partial charge on any atom is 0.123 e. The van der Waals surface area contributed by atoms with Gasteiger partial charge in [-0.1, -0.05) is 46.4 Å². The average Bonchev–Trinajstić information content (AvgIpc) is 2.81. The molecule has 0 saturated heterocycles. The molecule has 0 aliphatic carbocycles. The summed E-state index contributed by atoms with van der Waals surface area (Å²) in [5, 5.41) is 4.83. The van der Waals surface area contributed by atoms with Gasteiger partial charge in [0.2, 0.25) is 0 Å². The summed E-state index contributed by atoms with van der Waals surface area (Å²) in [4.78, 5) is 4.37. The van der Waals surface area contributed by atoms with Crippen LogP contribution >= 0.6 is 46.4 Å². The molecule has 1 aromatic heterocycles. The van der Waals surface area contributed by atoms with Gasteiger partial charge in [-0.2, -0.15) is 0 Å². The van der Waals surface area contributed by atoms with E-state index < -0.39 is 0 Å². The van der Waals surface area contributed by atoms with Gasteiger partial charge in [-0.05, 0) is 6.07 Å². The number of benzene rings is 1. The molecule has 1 N–H and O–H groups in total. The molecule has 19 heavy (non-hydrogen) atoms. The van der Waals surface area contributed by atoms with Crippen molar-refractivity contribution in [2.45, 2.75) is 13.1 Å². The summed E-state index contributed by atoms with van der Waals surface area (Å²) < 4.78 is 2.08. The van der Waals surface area contributed by atoms with E-state index in [9.17, 15) is 0 Å². The summed E-state index contributed by atoms with van der Waals surface area (Å²) >= 11 is 24.7. The van der Waals surface area contributed by atoms with Crippen molar-refractivity contribution in [3.8, 4) is 11.3 Å². The summed E-state index contributed by atoms with van der Waals surface area (Å²) in [6.45, 7) is 2.41. The van der Waals surface area contributed by atoms with E-state index in [-0.39, 0.29) is 0 Å². The zero-order valence-corrected chi connectivity index (χ0v) is 12.7. The number of hydrogen-bond acceptors (Lipinski definition) is 2. The molecule has 0 bridgehead atoms. The van der Waals surface area contributed by atoms with Gasteiger partial charge in [0, 0.05) is 18.7 Å². The lowest BCUT2D eigenvalue weighted by Crippen LogP contribution is -2.28. The molecule has 3 rings (SSSR count). The van der Waals surface area contributed by atoms with Crippen LogP contribution in [0.1, 0.15) is 5.82 Å². The summed E-state index contributed by atoms with van der Waals surface area (Å²) in [5.74, 6) is 0.949. The standard InChI is InChI=1S/C12H9Cl4N3/c13-6-3-7(14)12(16)10(11(6)15)8-4-18-9-5-17-1-2-19(8)9/h3-4,17H,1-2,5H2. The van der Waals surface area contributed by atoms with E-state index in [1.165, 1.54) is 0 Å². The Morgan fingerprint density at radius 2 is 1.79 bits per heavy atom. The second-order valence-electron chi connectivity index (χ2n) is 4.23. The van der Waals surface area contributed by atoms with Gasteiger partial charge < -0.3 is 9.88 Å². The van der Waals surface area contributed by atoms with Crippen LogP contribution in [0.3, 0.4) is 0 Å². The number of imidazole rings is 1. The molecule has 0 amide bonds.